The van der Waals surface area contributed by atoms with E-state index in [1.807, 2.05) is 11.8 Å². The summed E-state index contributed by atoms with van der Waals surface area (Å²) in [6, 6.07) is 0. The van der Waals surface area contributed by atoms with Crippen LogP contribution in [-0.4, -0.2) is 5.25 Å². The lowest BCUT2D eigenvalue weighted by Crippen LogP contribution is -1.86. The van der Waals surface area contributed by atoms with E-state index in [0.717, 1.165) is 5.25 Å². The second kappa shape index (κ2) is 19.4. The molecular weight excluding hydrogens is 284 g/mol. The second-order valence-corrected chi connectivity index (χ2v) is 8.64. The van der Waals surface area contributed by atoms with Gasteiger partial charge in [-0.05, 0) is 11.7 Å². The normalized spacial score (nSPS) is 11.5. The van der Waals surface area contributed by atoms with Gasteiger partial charge in [-0.15, -0.1) is 0 Å². The van der Waals surface area contributed by atoms with Crippen LogP contribution in [0.15, 0.2) is 0 Å². The van der Waals surface area contributed by atoms with Gasteiger partial charge < -0.3 is 0 Å². The molecular formula is C21H43S. The molecule has 1 heteroatoms. The summed E-state index contributed by atoms with van der Waals surface area (Å²) in [7, 11) is 0. The van der Waals surface area contributed by atoms with Crippen LogP contribution in [0.5, 0.6) is 0 Å². The maximum atomic E-state index is 2.41. The van der Waals surface area contributed by atoms with Crippen LogP contribution in [0.4, 0.5) is 0 Å². The minimum absolute atomic E-state index is 0.761. The van der Waals surface area contributed by atoms with E-state index < -0.39 is 0 Å². The Hall–Kier alpha value is 0.350. The molecule has 0 aromatic rings. The van der Waals surface area contributed by atoms with Crippen LogP contribution in [-0.2, 0) is 0 Å². The molecule has 0 saturated carbocycles. The van der Waals surface area contributed by atoms with Crippen molar-refractivity contribution in [1.29, 1.82) is 0 Å². The van der Waals surface area contributed by atoms with E-state index in [0.29, 0.717) is 0 Å². The van der Waals surface area contributed by atoms with E-state index in [-0.39, 0.29) is 0 Å². The highest BCUT2D eigenvalue weighted by molar-refractivity contribution is 8.01. The third-order valence-electron chi connectivity index (χ3n) is 4.29. The van der Waals surface area contributed by atoms with E-state index in [4.69, 9.17) is 0 Å². The molecule has 0 heterocycles. The predicted molar refractivity (Wildman–Crippen MR) is 107 cm³/mol. The molecule has 0 N–H and O–H groups in total. The number of hydrogen-bond donors (Lipinski definition) is 0. The van der Waals surface area contributed by atoms with Crippen LogP contribution in [0, 0.1) is 5.75 Å². The van der Waals surface area contributed by atoms with Crippen molar-refractivity contribution in [2.75, 3.05) is 0 Å². The molecule has 0 nitrogen and oxygen atoms in total. The van der Waals surface area contributed by atoms with E-state index in [9.17, 15) is 0 Å². The molecule has 0 aliphatic heterocycles. The smallest absolute Gasteiger partial charge is 0.0169 e. The number of unbranched alkanes of at least 4 members (excludes halogenated alkanes) is 15. The minimum atomic E-state index is 0.761. The van der Waals surface area contributed by atoms with E-state index in [1.165, 1.54) is 103 Å². The Balaban J connectivity index is 2.94. The monoisotopic (exact) mass is 327 g/mol. The summed E-state index contributed by atoms with van der Waals surface area (Å²) in [6.07, 6.45) is 23.2. The van der Waals surface area contributed by atoms with Gasteiger partial charge >= 0.3 is 0 Å². The Bertz CT molecular complexity index is 188. The molecule has 0 aromatic heterocycles. The van der Waals surface area contributed by atoms with Crippen LogP contribution in [0.25, 0.3) is 0 Å². The first kappa shape index (κ1) is 22.4. The van der Waals surface area contributed by atoms with Gasteiger partial charge in [-0.2, -0.15) is 11.8 Å². The minimum Gasteiger partial charge on any atom is -0.155 e. The average Bonchev–Trinajstić information content (AvgIpc) is 2.50. The number of hydrogen-bond acceptors (Lipinski definition) is 1. The molecule has 0 saturated heterocycles. The lowest BCUT2D eigenvalue weighted by Gasteiger charge is -2.04. The zero-order valence-corrected chi connectivity index (χ0v) is 16.7. The van der Waals surface area contributed by atoms with E-state index >= 15 is 0 Å². The number of rotatable bonds is 18. The Morgan fingerprint density at radius 2 is 0.955 bits per heavy atom. The molecule has 0 unspecified atom stereocenters. The highest BCUT2D eigenvalue weighted by atomic mass is 32.2. The SMILES string of the molecule is CCCCCCCCCCCCCCCCC[CH]SC(C)C. The van der Waals surface area contributed by atoms with Crippen LogP contribution >= 0.6 is 11.8 Å². The average molecular weight is 328 g/mol. The molecule has 1 radical (unpaired) electrons. The van der Waals surface area contributed by atoms with Gasteiger partial charge in [0.1, 0.15) is 0 Å². The van der Waals surface area contributed by atoms with Crippen molar-refractivity contribution in [3.05, 3.63) is 5.75 Å². The zero-order valence-electron chi connectivity index (χ0n) is 15.9. The van der Waals surface area contributed by atoms with E-state index in [1.54, 1.807) is 0 Å². The first-order valence-corrected chi connectivity index (χ1v) is 11.2. The quantitative estimate of drug-likeness (QED) is 0.227. The molecule has 0 fully saturated rings. The summed E-state index contributed by atoms with van der Waals surface area (Å²) in [6.45, 7) is 6.84. The van der Waals surface area contributed by atoms with Crippen LogP contribution < -0.4 is 0 Å². The highest BCUT2D eigenvalue weighted by Crippen LogP contribution is 2.18. The molecule has 0 aliphatic carbocycles. The van der Waals surface area contributed by atoms with Crippen molar-refractivity contribution in [2.24, 2.45) is 0 Å². The first-order chi connectivity index (χ1) is 10.8. The maximum absolute atomic E-state index is 2.41. The molecule has 0 aromatic carbocycles. The van der Waals surface area contributed by atoms with E-state index in [2.05, 4.69) is 26.5 Å². The topological polar surface area (TPSA) is 0 Å². The van der Waals surface area contributed by atoms with Gasteiger partial charge in [-0.1, -0.05) is 117 Å². The van der Waals surface area contributed by atoms with Crippen LogP contribution in [0.3, 0.4) is 0 Å². The first-order valence-electron chi connectivity index (χ1n) is 10.2. The number of thioether (sulfide) groups is 1. The standard InChI is InChI=1S/C21H43S/c1-4-5-6-7-8-9-10-11-12-13-14-15-16-17-18-19-20-22-21(2)3/h20-21H,4-19H2,1-3H3. The third-order valence-corrected chi connectivity index (χ3v) is 5.27. The summed E-state index contributed by atoms with van der Waals surface area (Å²) in [5.41, 5.74) is 0. The van der Waals surface area contributed by atoms with Gasteiger partial charge in [0, 0.05) is 5.75 Å². The van der Waals surface area contributed by atoms with Crippen molar-refractivity contribution in [3.63, 3.8) is 0 Å². The van der Waals surface area contributed by atoms with Gasteiger partial charge in [0.05, 0.1) is 0 Å². The Labute approximate surface area is 146 Å². The Morgan fingerprint density at radius 1 is 0.591 bits per heavy atom. The molecule has 133 valence electrons. The highest BCUT2D eigenvalue weighted by Gasteiger charge is 1.96. The van der Waals surface area contributed by atoms with Crippen molar-refractivity contribution in [1.82, 2.24) is 0 Å². The Morgan fingerprint density at radius 3 is 1.32 bits per heavy atom. The van der Waals surface area contributed by atoms with Crippen molar-refractivity contribution < 1.29 is 0 Å². The zero-order chi connectivity index (χ0) is 16.3. The summed E-state index contributed by atoms with van der Waals surface area (Å²) < 4.78 is 0. The maximum Gasteiger partial charge on any atom is 0.0169 e. The van der Waals surface area contributed by atoms with Gasteiger partial charge in [-0.25, -0.2) is 0 Å². The molecule has 0 spiro atoms. The lowest BCUT2D eigenvalue weighted by atomic mass is 10.0. The summed E-state index contributed by atoms with van der Waals surface area (Å²) in [5, 5.41) is 0.761. The largest absolute Gasteiger partial charge is 0.155 e. The Kier molecular flexibility index (Phi) is 19.7. The molecule has 0 bridgehead atoms. The third kappa shape index (κ3) is 20.3. The lowest BCUT2D eigenvalue weighted by molar-refractivity contribution is 0.532. The fraction of sp³-hybridized carbons (Fsp3) is 0.952. The van der Waals surface area contributed by atoms with Crippen molar-refractivity contribution in [2.45, 2.75) is 129 Å². The molecule has 0 atom stereocenters. The van der Waals surface area contributed by atoms with Crippen LogP contribution in [0.2, 0.25) is 0 Å². The van der Waals surface area contributed by atoms with Gasteiger partial charge in [-0.3, -0.25) is 0 Å². The summed E-state index contributed by atoms with van der Waals surface area (Å²) >= 11 is 1.99. The van der Waals surface area contributed by atoms with Gasteiger partial charge in [0.15, 0.2) is 0 Å². The molecule has 0 amide bonds. The fourth-order valence-electron chi connectivity index (χ4n) is 2.86. The second-order valence-electron chi connectivity index (χ2n) is 7.09. The molecule has 0 rings (SSSR count). The summed E-state index contributed by atoms with van der Waals surface area (Å²) in [4.78, 5) is 0. The van der Waals surface area contributed by atoms with Gasteiger partial charge in [0.25, 0.3) is 0 Å². The summed E-state index contributed by atoms with van der Waals surface area (Å²) in [5.74, 6) is 2.41. The fourth-order valence-corrected chi connectivity index (χ4v) is 3.55. The molecule has 22 heavy (non-hydrogen) atoms. The molecule has 0 aliphatic rings. The van der Waals surface area contributed by atoms with Crippen molar-refractivity contribution in [3.8, 4) is 0 Å². The van der Waals surface area contributed by atoms with Gasteiger partial charge in [0.2, 0.25) is 0 Å². The van der Waals surface area contributed by atoms with Crippen molar-refractivity contribution >= 4 is 11.8 Å². The van der Waals surface area contributed by atoms with Crippen LogP contribution in [0.1, 0.15) is 124 Å². The predicted octanol–water partition coefficient (Wildman–Crippen LogP) is 8.55.